The van der Waals surface area contributed by atoms with Crippen LogP contribution in [-0.4, -0.2) is 41.6 Å². The Kier molecular flexibility index (Phi) is 44.8. The molecular formula is C53H94N2O5. The Morgan fingerprint density at radius 3 is 1.43 bits per heavy atom. The Labute approximate surface area is 370 Å². The van der Waals surface area contributed by atoms with Gasteiger partial charge in [0.2, 0.25) is 5.91 Å². The maximum Gasteiger partial charge on any atom is 0.326 e. The van der Waals surface area contributed by atoms with Gasteiger partial charge in [-0.1, -0.05) is 171 Å². The van der Waals surface area contributed by atoms with Gasteiger partial charge >= 0.3 is 11.9 Å². The summed E-state index contributed by atoms with van der Waals surface area (Å²) in [6, 6.07) is -0.864. The molecule has 0 saturated heterocycles. The summed E-state index contributed by atoms with van der Waals surface area (Å²) in [4.78, 5) is 36.5. The number of amides is 1. The number of carbonyl (C=O) groups is 3. The molecule has 0 rings (SSSR count). The standard InChI is InChI=1S/C53H94N2O5/c1-3-5-7-9-11-13-15-17-19-20-21-22-24-26-28-30-32-37-41-47-52(57)60-49(43-38-34-31-29-27-25-23-18-16-14-12-10-8-6-4-2)44-39-35-33-36-40-46-51(56)55-50(53(58)59)45-42-48-54/h6,8,12,14,17-19,23,27,29,49-50H,3-5,7,9-11,13,15-16,20-22,24-26,28,30-48,54H2,1-2H3,(H,55,56)(H,58,59)/b8-6-,14-12-,19-17-,23-18-,29-27-. The third kappa shape index (κ3) is 43.2. The molecule has 0 bridgehead atoms. The molecule has 0 aromatic rings. The van der Waals surface area contributed by atoms with Crippen LogP contribution in [0.2, 0.25) is 0 Å². The van der Waals surface area contributed by atoms with Gasteiger partial charge in [-0.05, 0) is 122 Å². The monoisotopic (exact) mass is 839 g/mol. The molecule has 0 heterocycles. The van der Waals surface area contributed by atoms with E-state index >= 15 is 0 Å². The van der Waals surface area contributed by atoms with Crippen molar-refractivity contribution in [2.24, 2.45) is 5.73 Å². The highest BCUT2D eigenvalue weighted by molar-refractivity contribution is 5.83. The highest BCUT2D eigenvalue weighted by Gasteiger charge is 2.19. The number of carboxylic acids is 1. The largest absolute Gasteiger partial charge is 0.480 e. The van der Waals surface area contributed by atoms with E-state index in [0.29, 0.717) is 32.2 Å². The molecule has 0 aromatic heterocycles. The van der Waals surface area contributed by atoms with E-state index in [1.165, 1.54) is 96.3 Å². The van der Waals surface area contributed by atoms with E-state index in [0.717, 1.165) is 103 Å². The van der Waals surface area contributed by atoms with E-state index in [1.54, 1.807) is 0 Å². The van der Waals surface area contributed by atoms with Crippen LogP contribution in [0.15, 0.2) is 60.8 Å². The average molecular weight is 839 g/mol. The number of ether oxygens (including phenoxy) is 1. The lowest BCUT2D eigenvalue weighted by Crippen LogP contribution is -2.40. The van der Waals surface area contributed by atoms with Crippen LogP contribution in [0.25, 0.3) is 0 Å². The predicted octanol–water partition coefficient (Wildman–Crippen LogP) is 14.9. The van der Waals surface area contributed by atoms with Crippen molar-refractivity contribution in [1.82, 2.24) is 5.32 Å². The molecule has 60 heavy (non-hydrogen) atoms. The van der Waals surface area contributed by atoms with Gasteiger partial charge < -0.3 is 20.9 Å². The topological polar surface area (TPSA) is 119 Å². The van der Waals surface area contributed by atoms with Gasteiger partial charge in [0, 0.05) is 12.8 Å². The zero-order valence-corrected chi connectivity index (χ0v) is 39.0. The molecule has 7 heteroatoms. The Balaban J connectivity index is 4.36. The van der Waals surface area contributed by atoms with Crippen molar-refractivity contribution in [3.05, 3.63) is 60.8 Å². The van der Waals surface area contributed by atoms with Crippen molar-refractivity contribution < 1.29 is 24.2 Å². The molecule has 0 saturated carbocycles. The molecule has 7 nitrogen and oxygen atoms in total. The molecule has 2 unspecified atom stereocenters. The summed E-state index contributed by atoms with van der Waals surface area (Å²) < 4.78 is 6.06. The fourth-order valence-electron chi connectivity index (χ4n) is 7.32. The first-order valence-electron chi connectivity index (χ1n) is 25.1. The number of unbranched alkanes of at least 4 members (excludes halogenated alkanes) is 21. The van der Waals surface area contributed by atoms with Gasteiger partial charge in [-0.25, -0.2) is 4.79 Å². The highest BCUT2D eigenvalue weighted by Crippen LogP contribution is 2.18. The van der Waals surface area contributed by atoms with Gasteiger partial charge in [0.25, 0.3) is 0 Å². The second-order valence-corrected chi connectivity index (χ2v) is 16.8. The number of nitrogens with one attached hydrogen (secondary N) is 1. The Morgan fingerprint density at radius 1 is 0.500 bits per heavy atom. The van der Waals surface area contributed by atoms with Crippen LogP contribution in [-0.2, 0) is 19.1 Å². The third-order valence-electron chi connectivity index (χ3n) is 11.1. The number of hydrogen-bond donors (Lipinski definition) is 3. The van der Waals surface area contributed by atoms with Crippen molar-refractivity contribution in [2.45, 2.75) is 251 Å². The van der Waals surface area contributed by atoms with E-state index in [2.05, 4.69) is 79.9 Å². The zero-order valence-electron chi connectivity index (χ0n) is 39.0. The number of carbonyl (C=O) groups excluding carboxylic acids is 2. The van der Waals surface area contributed by atoms with Crippen molar-refractivity contribution in [3.8, 4) is 0 Å². The number of esters is 1. The number of hydrogen-bond acceptors (Lipinski definition) is 5. The number of nitrogens with two attached hydrogens (primary N) is 1. The molecule has 0 aliphatic carbocycles. The zero-order chi connectivity index (χ0) is 43.8. The molecule has 2 atom stereocenters. The quantitative estimate of drug-likeness (QED) is 0.0319. The fourth-order valence-corrected chi connectivity index (χ4v) is 7.32. The molecule has 0 aliphatic heterocycles. The Bertz CT molecular complexity index is 1130. The van der Waals surface area contributed by atoms with E-state index in [9.17, 15) is 19.5 Å². The third-order valence-corrected chi connectivity index (χ3v) is 11.1. The van der Waals surface area contributed by atoms with Crippen LogP contribution < -0.4 is 11.1 Å². The summed E-state index contributed by atoms with van der Waals surface area (Å²) >= 11 is 0. The van der Waals surface area contributed by atoms with Crippen molar-refractivity contribution in [2.75, 3.05) is 6.54 Å². The molecule has 1 amide bonds. The molecule has 4 N–H and O–H groups in total. The summed E-state index contributed by atoms with van der Waals surface area (Å²) in [6.45, 7) is 4.84. The van der Waals surface area contributed by atoms with Crippen LogP contribution in [0.4, 0.5) is 0 Å². The molecule has 346 valence electrons. The van der Waals surface area contributed by atoms with Crippen LogP contribution in [0.3, 0.4) is 0 Å². The van der Waals surface area contributed by atoms with Gasteiger partial charge in [-0.15, -0.1) is 0 Å². The average Bonchev–Trinajstić information content (AvgIpc) is 3.23. The lowest BCUT2D eigenvalue weighted by molar-refractivity contribution is -0.150. The first-order chi connectivity index (χ1) is 29.4. The normalized spacial score (nSPS) is 13.1. The minimum atomic E-state index is -1.01. The second-order valence-electron chi connectivity index (χ2n) is 16.8. The van der Waals surface area contributed by atoms with Gasteiger partial charge in [0.05, 0.1) is 0 Å². The van der Waals surface area contributed by atoms with Crippen molar-refractivity contribution in [1.29, 1.82) is 0 Å². The maximum atomic E-state index is 12.9. The molecule has 0 spiro atoms. The lowest BCUT2D eigenvalue weighted by Gasteiger charge is -2.18. The predicted molar refractivity (Wildman–Crippen MR) is 257 cm³/mol. The highest BCUT2D eigenvalue weighted by atomic mass is 16.5. The minimum Gasteiger partial charge on any atom is -0.480 e. The van der Waals surface area contributed by atoms with Crippen LogP contribution in [0, 0.1) is 0 Å². The summed E-state index contributed by atoms with van der Waals surface area (Å²) in [5.74, 6) is -1.26. The van der Waals surface area contributed by atoms with E-state index < -0.39 is 12.0 Å². The molecule has 0 radical (unpaired) electrons. The SMILES string of the molecule is CC/C=C\C/C=C\C/C=C\C/C=C\CCCCC(CCCCCCCC(=O)NC(CCCN)C(=O)O)OC(=O)CCCCCCCCCCC/C=C\CCCCCCCC. The lowest BCUT2D eigenvalue weighted by atomic mass is 10.0. The minimum absolute atomic E-state index is 0.0296. The summed E-state index contributed by atoms with van der Waals surface area (Å²) in [5, 5.41) is 12.0. The van der Waals surface area contributed by atoms with Crippen molar-refractivity contribution >= 4 is 17.8 Å². The van der Waals surface area contributed by atoms with E-state index in [-0.39, 0.29) is 18.0 Å². The van der Waals surface area contributed by atoms with E-state index in [4.69, 9.17) is 10.5 Å². The molecule has 0 aromatic carbocycles. The van der Waals surface area contributed by atoms with Gasteiger partial charge in [-0.2, -0.15) is 0 Å². The smallest absolute Gasteiger partial charge is 0.326 e. The number of rotatable bonds is 45. The van der Waals surface area contributed by atoms with E-state index in [1.807, 2.05) is 0 Å². The maximum absolute atomic E-state index is 12.9. The molecule has 0 fully saturated rings. The fraction of sp³-hybridized carbons (Fsp3) is 0.755. The van der Waals surface area contributed by atoms with Crippen LogP contribution >= 0.6 is 0 Å². The summed E-state index contributed by atoms with van der Waals surface area (Å²) in [6.07, 6.45) is 59.9. The summed E-state index contributed by atoms with van der Waals surface area (Å²) in [5.41, 5.74) is 5.50. The number of allylic oxidation sites excluding steroid dienone is 10. The second kappa shape index (κ2) is 47.1. The van der Waals surface area contributed by atoms with Crippen LogP contribution in [0.1, 0.15) is 239 Å². The molecular weight excluding hydrogens is 745 g/mol. The number of carboxylic acid groups (broad SMARTS) is 1. The van der Waals surface area contributed by atoms with Gasteiger partial charge in [0.15, 0.2) is 0 Å². The Morgan fingerprint density at radius 2 is 0.917 bits per heavy atom. The summed E-state index contributed by atoms with van der Waals surface area (Å²) in [7, 11) is 0. The van der Waals surface area contributed by atoms with Crippen LogP contribution in [0.5, 0.6) is 0 Å². The Hall–Kier alpha value is -2.93. The van der Waals surface area contributed by atoms with Gasteiger partial charge in [0.1, 0.15) is 12.1 Å². The van der Waals surface area contributed by atoms with Gasteiger partial charge in [-0.3, -0.25) is 9.59 Å². The first kappa shape index (κ1) is 57.1. The molecule has 0 aliphatic rings. The number of aliphatic carboxylic acids is 1. The first-order valence-corrected chi connectivity index (χ1v) is 25.1. The van der Waals surface area contributed by atoms with Crippen molar-refractivity contribution in [3.63, 3.8) is 0 Å².